The summed E-state index contributed by atoms with van der Waals surface area (Å²) in [5.74, 6) is 0. The molecule has 0 aliphatic carbocycles. The molecule has 2 heterocycles. The second kappa shape index (κ2) is 8.01. The third kappa shape index (κ3) is 5.54. The van der Waals surface area contributed by atoms with Gasteiger partial charge in [0, 0.05) is 0 Å². The predicted molar refractivity (Wildman–Crippen MR) is 69.4 cm³/mol. The molecule has 0 aromatic rings. The van der Waals surface area contributed by atoms with Gasteiger partial charge in [-0.2, -0.15) is 0 Å². The molecule has 0 N–H and O–H groups in total. The maximum absolute atomic E-state index is 11.6. The van der Waals surface area contributed by atoms with E-state index in [1.165, 1.54) is 0 Å². The Kier molecular flexibility index (Phi) is 6.65. The van der Waals surface area contributed by atoms with Crippen LogP contribution in [0, 0.1) is 0 Å². The lowest BCUT2D eigenvalue weighted by atomic mass is 10.2. The third-order valence-corrected chi connectivity index (χ3v) is 5.69. The lowest BCUT2D eigenvalue weighted by Gasteiger charge is -2.10. The molecule has 0 saturated carbocycles. The molecule has 0 amide bonds. The zero-order chi connectivity index (χ0) is 14.3. The smallest absolute Gasteiger partial charge is 0.287 e. The van der Waals surface area contributed by atoms with Gasteiger partial charge in [0.05, 0.1) is 39.6 Å². The Hall–Kier alpha value is 0.220. The van der Waals surface area contributed by atoms with Crippen molar-refractivity contribution >= 4 is 15.6 Å². The van der Waals surface area contributed by atoms with Crippen LogP contribution in [0.1, 0.15) is 25.7 Å². The van der Waals surface area contributed by atoms with Gasteiger partial charge in [-0.25, -0.2) is 9.13 Å². The van der Waals surface area contributed by atoms with Crippen molar-refractivity contribution in [2.75, 3.05) is 39.6 Å². The summed E-state index contributed by atoms with van der Waals surface area (Å²) in [6.45, 7) is 1.95. The van der Waals surface area contributed by atoms with Crippen LogP contribution < -0.4 is 0 Å². The molecule has 2 saturated heterocycles. The van der Waals surface area contributed by atoms with Gasteiger partial charge in [-0.15, -0.1) is 0 Å². The van der Waals surface area contributed by atoms with Gasteiger partial charge >= 0.3 is 15.6 Å². The van der Waals surface area contributed by atoms with Gasteiger partial charge in [0.25, 0.3) is 0 Å². The largest absolute Gasteiger partial charge is 0.474 e. The van der Waals surface area contributed by atoms with Crippen LogP contribution in [-0.4, -0.2) is 39.6 Å². The fraction of sp³-hybridized carbons (Fsp3) is 1.00. The van der Waals surface area contributed by atoms with Crippen molar-refractivity contribution in [3.05, 3.63) is 0 Å². The lowest BCUT2D eigenvalue weighted by molar-refractivity contribution is 0.179. The summed E-state index contributed by atoms with van der Waals surface area (Å²) in [5.41, 5.74) is 0. The van der Waals surface area contributed by atoms with E-state index < -0.39 is 15.6 Å². The van der Waals surface area contributed by atoms with Crippen LogP contribution in [-0.2, 0) is 36.3 Å². The molecule has 118 valence electrons. The molecular weight excluding hydrogens is 310 g/mol. The van der Waals surface area contributed by atoms with Crippen LogP contribution in [0.5, 0.6) is 0 Å². The Morgan fingerprint density at radius 1 is 0.650 bits per heavy atom. The molecule has 0 radical (unpaired) electrons. The van der Waals surface area contributed by atoms with Crippen LogP contribution in [0.15, 0.2) is 0 Å². The van der Waals surface area contributed by atoms with E-state index in [0.717, 1.165) is 25.7 Å². The van der Waals surface area contributed by atoms with Gasteiger partial charge in [0.1, 0.15) is 0 Å². The normalized spacial score (nSPS) is 24.2. The van der Waals surface area contributed by atoms with Crippen molar-refractivity contribution in [2.24, 2.45) is 0 Å². The van der Waals surface area contributed by atoms with Gasteiger partial charge < -0.3 is 0 Å². The molecule has 0 atom stereocenters. The number of phosphoric ester groups is 2. The standard InChI is InChI=1S/C10H20O8P2/c11-19(15-7-8-16-19)13-5-3-1-2-4-6-14-20(12)17-9-10-18-20/h1-10H2. The average molecular weight is 330 g/mol. The predicted octanol–water partition coefficient (Wildman–Crippen LogP) is 2.89. The summed E-state index contributed by atoms with van der Waals surface area (Å²) in [6.07, 6.45) is 3.27. The van der Waals surface area contributed by atoms with Gasteiger partial charge in [0.15, 0.2) is 0 Å². The summed E-state index contributed by atoms with van der Waals surface area (Å²) in [6, 6.07) is 0. The molecule has 0 spiro atoms. The highest BCUT2D eigenvalue weighted by atomic mass is 31.2. The van der Waals surface area contributed by atoms with Gasteiger partial charge in [-0.05, 0) is 12.8 Å². The molecule has 0 bridgehead atoms. The van der Waals surface area contributed by atoms with Crippen LogP contribution in [0.25, 0.3) is 0 Å². The second-order valence-electron chi connectivity index (χ2n) is 4.31. The molecule has 2 fully saturated rings. The molecule has 0 unspecified atom stereocenters. The number of hydrogen-bond acceptors (Lipinski definition) is 8. The fourth-order valence-electron chi connectivity index (χ4n) is 1.73. The van der Waals surface area contributed by atoms with Crippen molar-refractivity contribution < 1.29 is 36.3 Å². The zero-order valence-corrected chi connectivity index (χ0v) is 13.0. The first-order valence-corrected chi connectivity index (χ1v) is 9.61. The molecule has 8 nitrogen and oxygen atoms in total. The molecule has 0 aromatic heterocycles. The maximum Gasteiger partial charge on any atom is 0.474 e. The average Bonchev–Trinajstić information content (AvgIpc) is 3.03. The molecule has 20 heavy (non-hydrogen) atoms. The molecule has 2 rings (SSSR count). The summed E-state index contributed by atoms with van der Waals surface area (Å²) in [4.78, 5) is 0. The molecule has 10 heteroatoms. The molecular formula is C10H20O8P2. The van der Waals surface area contributed by atoms with Gasteiger partial charge in [0.2, 0.25) is 0 Å². The van der Waals surface area contributed by atoms with E-state index in [4.69, 9.17) is 27.1 Å². The third-order valence-electron chi connectivity index (χ3n) is 2.70. The highest BCUT2D eigenvalue weighted by Gasteiger charge is 2.32. The van der Waals surface area contributed by atoms with Crippen LogP contribution >= 0.6 is 15.6 Å². The topological polar surface area (TPSA) is 89.5 Å². The fourth-order valence-corrected chi connectivity index (χ4v) is 4.08. The Labute approximate surface area is 118 Å². The van der Waals surface area contributed by atoms with E-state index in [-0.39, 0.29) is 0 Å². The highest BCUT2D eigenvalue weighted by Crippen LogP contribution is 2.53. The minimum Gasteiger partial charge on any atom is -0.287 e. The van der Waals surface area contributed by atoms with Crippen LogP contribution in [0.2, 0.25) is 0 Å². The first-order chi connectivity index (χ1) is 9.62. The highest BCUT2D eigenvalue weighted by molar-refractivity contribution is 7.49. The Bertz CT molecular complexity index is 331. The Morgan fingerprint density at radius 3 is 1.35 bits per heavy atom. The van der Waals surface area contributed by atoms with Crippen molar-refractivity contribution in [3.8, 4) is 0 Å². The molecule has 2 aliphatic heterocycles. The van der Waals surface area contributed by atoms with Crippen molar-refractivity contribution in [1.82, 2.24) is 0 Å². The Morgan fingerprint density at radius 2 is 1.00 bits per heavy atom. The quantitative estimate of drug-likeness (QED) is 0.471. The zero-order valence-electron chi connectivity index (χ0n) is 11.2. The van der Waals surface area contributed by atoms with Crippen molar-refractivity contribution in [1.29, 1.82) is 0 Å². The second-order valence-corrected chi connectivity index (χ2v) is 7.65. The minimum atomic E-state index is -3.25. The summed E-state index contributed by atoms with van der Waals surface area (Å²) >= 11 is 0. The Balaban J connectivity index is 1.42. The minimum absolute atomic E-state index is 0.318. The first-order valence-electron chi connectivity index (χ1n) is 6.69. The number of unbranched alkanes of at least 4 members (excludes halogenated alkanes) is 3. The summed E-state index contributed by atoms with van der Waals surface area (Å²) < 4.78 is 52.9. The first kappa shape index (κ1) is 16.6. The number of hydrogen-bond donors (Lipinski definition) is 0. The van der Waals surface area contributed by atoms with E-state index in [1.807, 2.05) is 0 Å². The van der Waals surface area contributed by atoms with Gasteiger partial charge in [-0.3, -0.25) is 27.1 Å². The van der Waals surface area contributed by atoms with E-state index >= 15 is 0 Å². The van der Waals surface area contributed by atoms with Crippen LogP contribution in [0.4, 0.5) is 0 Å². The summed E-state index contributed by atoms with van der Waals surface area (Å²) in [7, 11) is -6.50. The molecule has 0 aromatic carbocycles. The van der Waals surface area contributed by atoms with Crippen molar-refractivity contribution in [3.63, 3.8) is 0 Å². The van der Waals surface area contributed by atoms with E-state index in [9.17, 15) is 9.13 Å². The summed E-state index contributed by atoms with van der Waals surface area (Å²) in [5, 5.41) is 0. The van der Waals surface area contributed by atoms with E-state index in [1.54, 1.807) is 0 Å². The van der Waals surface area contributed by atoms with Crippen molar-refractivity contribution in [2.45, 2.75) is 25.7 Å². The van der Waals surface area contributed by atoms with E-state index in [2.05, 4.69) is 0 Å². The van der Waals surface area contributed by atoms with E-state index in [0.29, 0.717) is 39.6 Å². The van der Waals surface area contributed by atoms with Crippen LogP contribution in [0.3, 0.4) is 0 Å². The number of phosphoric acid groups is 2. The molecule has 2 aliphatic rings. The number of rotatable bonds is 9. The lowest BCUT2D eigenvalue weighted by Crippen LogP contribution is -1.96. The van der Waals surface area contributed by atoms with Gasteiger partial charge in [-0.1, -0.05) is 12.8 Å². The SMILES string of the molecule is O=P1(OCCCCCCOP2(=O)OCCO2)OCCO1. The maximum atomic E-state index is 11.6. The monoisotopic (exact) mass is 330 g/mol.